The molecule has 0 spiro atoms. The topological polar surface area (TPSA) is 38.1 Å². The maximum Gasteiger partial charge on any atom is 0.146 e. The zero-order chi connectivity index (χ0) is 12.4. The van der Waals surface area contributed by atoms with Crippen molar-refractivity contribution < 1.29 is 4.79 Å². The lowest BCUT2D eigenvalue weighted by Gasteiger charge is -2.25. The minimum Gasteiger partial charge on any atom is -0.298 e. The van der Waals surface area contributed by atoms with Crippen LogP contribution in [0.15, 0.2) is 4.47 Å². The Hall–Kier alpha value is -0.680. The first kappa shape index (κ1) is 12.8. The third kappa shape index (κ3) is 2.77. The molecule has 1 aliphatic heterocycles. The molecule has 17 heavy (non-hydrogen) atoms. The van der Waals surface area contributed by atoms with Crippen molar-refractivity contribution in [1.29, 1.82) is 0 Å². The van der Waals surface area contributed by atoms with E-state index in [0.29, 0.717) is 12.3 Å². The van der Waals surface area contributed by atoms with Crippen molar-refractivity contribution in [2.45, 2.75) is 32.7 Å². The summed E-state index contributed by atoms with van der Waals surface area (Å²) in [7, 11) is 1.96. The summed E-state index contributed by atoms with van der Waals surface area (Å²) in [6.45, 7) is 4.49. The Balaban J connectivity index is 2.12. The van der Waals surface area contributed by atoms with Gasteiger partial charge in [-0.05, 0) is 35.3 Å². The van der Waals surface area contributed by atoms with E-state index < -0.39 is 0 Å². The van der Waals surface area contributed by atoms with Gasteiger partial charge in [-0.15, -0.1) is 0 Å². The number of carbonyl (C=O) groups is 1. The molecular weight excluding hydrogens is 282 g/mol. The van der Waals surface area contributed by atoms with Gasteiger partial charge in [-0.3, -0.25) is 14.4 Å². The Kier molecular flexibility index (Phi) is 3.99. The lowest BCUT2D eigenvalue weighted by Crippen LogP contribution is -2.35. The second kappa shape index (κ2) is 5.31. The average Bonchev–Trinajstić information content (AvgIpc) is 2.56. The number of ketones is 1. The third-order valence-electron chi connectivity index (χ3n) is 3.21. The quantitative estimate of drug-likeness (QED) is 0.856. The van der Waals surface area contributed by atoms with Crippen LogP contribution in [0.5, 0.6) is 0 Å². The standard InChI is InChI=1S/C12H18BrN3O/c1-3-10-12(13)11(15(2)14-10)8-16-6-4-5-9(17)7-16/h3-8H2,1-2H3. The van der Waals surface area contributed by atoms with E-state index >= 15 is 0 Å². The average molecular weight is 300 g/mol. The van der Waals surface area contributed by atoms with Crippen LogP contribution in [-0.2, 0) is 24.8 Å². The van der Waals surface area contributed by atoms with E-state index in [4.69, 9.17) is 0 Å². The number of nitrogens with zero attached hydrogens (tertiary/aromatic N) is 3. The van der Waals surface area contributed by atoms with E-state index in [1.54, 1.807) is 0 Å². The van der Waals surface area contributed by atoms with Gasteiger partial charge in [0, 0.05) is 20.0 Å². The lowest BCUT2D eigenvalue weighted by molar-refractivity contribution is -0.122. The molecule has 5 heteroatoms. The highest BCUT2D eigenvalue weighted by atomic mass is 79.9. The molecule has 1 aliphatic rings. The highest BCUT2D eigenvalue weighted by molar-refractivity contribution is 9.10. The molecule has 94 valence electrons. The van der Waals surface area contributed by atoms with Crippen LogP contribution in [0.4, 0.5) is 0 Å². The molecule has 0 saturated carbocycles. The Labute approximate surface area is 110 Å². The smallest absolute Gasteiger partial charge is 0.146 e. The van der Waals surface area contributed by atoms with E-state index in [1.165, 1.54) is 0 Å². The molecule has 1 aromatic rings. The molecule has 2 rings (SSSR count). The van der Waals surface area contributed by atoms with E-state index in [0.717, 1.165) is 48.2 Å². The highest BCUT2D eigenvalue weighted by Crippen LogP contribution is 2.23. The van der Waals surface area contributed by atoms with Crippen molar-refractivity contribution in [2.24, 2.45) is 7.05 Å². The molecule has 0 bridgehead atoms. The normalized spacial score (nSPS) is 17.7. The fourth-order valence-electron chi connectivity index (χ4n) is 2.25. The van der Waals surface area contributed by atoms with Crippen LogP contribution in [0.25, 0.3) is 0 Å². The predicted molar refractivity (Wildman–Crippen MR) is 69.8 cm³/mol. The number of aromatic nitrogens is 2. The maximum atomic E-state index is 11.4. The molecule has 0 unspecified atom stereocenters. The molecule has 1 aromatic heterocycles. The largest absolute Gasteiger partial charge is 0.298 e. The lowest BCUT2D eigenvalue weighted by atomic mass is 10.1. The first-order valence-electron chi connectivity index (χ1n) is 6.06. The van der Waals surface area contributed by atoms with Gasteiger partial charge in [0.05, 0.1) is 22.4 Å². The number of hydrogen-bond donors (Lipinski definition) is 0. The summed E-state index contributed by atoms with van der Waals surface area (Å²) in [5, 5.41) is 4.47. The van der Waals surface area contributed by atoms with Crippen LogP contribution >= 0.6 is 15.9 Å². The van der Waals surface area contributed by atoms with E-state index in [2.05, 4.69) is 32.9 Å². The molecule has 0 aromatic carbocycles. The van der Waals surface area contributed by atoms with Crippen molar-refractivity contribution in [3.8, 4) is 0 Å². The Morgan fingerprint density at radius 1 is 1.47 bits per heavy atom. The van der Waals surface area contributed by atoms with E-state index in [9.17, 15) is 4.79 Å². The monoisotopic (exact) mass is 299 g/mol. The molecule has 0 aliphatic carbocycles. The van der Waals surface area contributed by atoms with Crippen LogP contribution in [-0.4, -0.2) is 33.6 Å². The summed E-state index contributed by atoms with van der Waals surface area (Å²) >= 11 is 3.61. The first-order valence-corrected chi connectivity index (χ1v) is 6.85. The predicted octanol–water partition coefficient (Wildman–Crippen LogP) is 1.91. The van der Waals surface area contributed by atoms with Crippen LogP contribution in [0.2, 0.25) is 0 Å². The van der Waals surface area contributed by atoms with Gasteiger partial charge < -0.3 is 0 Å². The number of piperidine rings is 1. The SMILES string of the molecule is CCc1nn(C)c(CN2CCCC(=O)C2)c1Br. The molecule has 2 heterocycles. The van der Waals surface area contributed by atoms with Crippen molar-refractivity contribution in [3.63, 3.8) is 0 Å². The number of carbonyl (C=O) groups excluding carboxylic acids is 1. The van der Waals surface area contributed by atoms with Crippen LogP contribution in [0, 0.1) is 0 Å². The van der Waals surface area contributed by atoms with Crippen LogP contribution < -0.4 is 0 Å². The van der Waals surface area contributed by atoms with Crippen molar-refractivity contribution in [3.05, 3.63) is 15.9 Å². The minimum atomic E-state index is 0.352. The third-order valence-corrected chi connectivity index (χ3v) is 4.12. The molecular formula is C12H18BrN3O. The fourth-order valence-corrected chi connectivity index (χ4v) is 2.99. The van der Waals surface area contributed by atoms with Gasteiger partial charge in [0.15, 0.2) is 0 Å². The van der Waals surface area contributed by atoms with E-state index in [-0.39, 0.29) is 0 Å². The van der Waals surface area contributed by atoms with Gasteiger partial charge >= 0.3 is 0 Å². The summed E-state index contributed by atoms with van der Waals surface area (Å²) in [5.41, 5.74) is 2.25. The number of rotatable bonds is 3. The van der Waals surface area contributed by atoms with Crippen LogP contribution in [0.1, 0.15) is 31.2 Å². The van der Waals surface area contributed by atoms with Gasteiger partial charge in [-0.1, -0.05) is 6.92 Å². The minimum absolute atomic E-state index is 0.352. The number of hydrogen-bond acceptors (Lipinski definition) is 3. The second-order valence-corrected chi connectivity index (χ2v) is 5.33. The fraction of sp³-hybridized carbons (Fsp3) is 0.667. The molecule has 0 N–H and O–H groups in total. The second-order valence-electron chi connectivity index (χ2n) is 4.54. The summed E-state index contributed by atoms with van der Waals surface area (Å²) in [6, 6.07) is 0. The van der Waals surface area contributed by atoms with Gasteiger partial charge in [-0.2, -0.15) is 5.10 Å². The Bertz CT molecular complexity index is 428. The summed E-state index contributed by atoms with van der Waals surface area (Å²) in [6.07, 6.45) is 2.64. The number of likely N-dealkylation sites (tertiary alicyclic amines) is 1. The molecule has 0 atom stereocenters. The number of halogens is 1. The van der Waals surface area contributed by atoms with Gasteiger partial charge in [0.1, 0.15) is 5.78 Å². The van der Waals surface area contributed by atoms with Crippen molar-refractivity contribution in [2.75, 3.05) is 13.1 Å². The van der Waals surface area contributed by atoms with Gasteiger partial charge in [0.2, 0.25) is 0 Å². The van der Waals surface area contributed by atoms with E-state index in [1.807, 2.05) is 11.7 Å². The molecule has 0 radical (unpaired) electrons. The summed E-state index contributed by atoms with van der Waals surface area (Å²) in [4.78, 5) is 13.6. The van der Waals surface area contributed by atoms with Gasteiger partial charge in [-0.25, -0.2) is 0 Å². The molecule has 1 fully saturated rings. The van der Waals surface area contributed by atoms with Crippen LogP contribution in [0.3, 0.4) is 0 Å². The Morgan fingerprint density at radius 3 is 2.82 bits per heavy atom. The highest BCUT2D eigenvalue weighted by Gasteiger charge is 2.20. The Morgan fingerprint density at radius 2 is 2.24 bits per heavy atom. The molecule has 4 nitrogen and oxygen atoms in total. The maximum absolute atomic E-state index is 11.4. The summed E-state index contributed by atoms with van der Waals surface area (Å²) in [5.74, 6) is 0.352. The number of Topliss-reactive ketones (excluding diaryl/α,β-unsaturated/α-hetero) is 1. The zero-order valence-electron chi connectivity index (χ0n) is 10.4. The van der Waals surface area contributed by atoms with Gasteiger partial charge in [0.25, 0.3) is 0 Å². The molecule has 0 amide bonds. The summed E-state index contributed by atoms with van der Waals surface area (Å²) < 4.78 is 3.02. The van der Waals surface area contributed by atoms with Crippen molar-refractivity contribution in [1.82, 2.24) is 14.7 Å². The number of aryl methyl sites for hydroxylation is 2. The first-order chi connectivity index (χ1) is 8.11. The zero-order valence-corrected chi connectivity index (χ0v) is 12.0. The van der Waals surface area contributed by atoms with Crippen molar-refractivity contribution >= 4 is 21.7 Å². The molecule has 1 saturated heterocycles.